The number of ketones is 1. The van der Waals surface area contributed by atoms with Crippen LogP contribution in [0.4, 0.5) is 0 Å². The lowest BCUT2D eigenvalue weighted by Gasteiger charge is -2.19. The molecule has 0 amide bonds. The second kappa shape index (κ2) is 7.04. The molecule has 0 unspecified atom stereocenters. The SMILES string of the molecule is COC(=O)CCCC(=O)CC(=O)OC(C)(C)C. The normalized spacial score (nSPS) is 10.8. The average molecular weight is 244 g/mol. The summed E-state index contributed by atoms with van der Waals surface area (Å²) in [6, 6.07) is 0. The lowest BCUT2D eigenvalue weighted by molar-refractivity contribution is -0.156. The monoisotopic (exact) mass is 244 g/mol. The third-order valence-electron chi connectivity index (χ3n) is 1.83. The zero-order valence-corrected chi connectivity index (χ0v) is 10.9. The first-order chi connectivity index (χ1) is 7.74. The molecule has 0 heterocycles. The van der Waals surface area contributed by atoms with E-state index in [2.05, 4.69) is 4.74 Å². The van der Waals surface area contributed by atoms with Gasteiger partial charge in [-0.25, -0.2) is 0 Å². The zero-order valence-electron chi connectivity index (χ0n) is 10.9. The highest BCUT2D eigenvalue weighted by Gasteiger charge is 2.18. The molecular weight excluding hydrogens is 224 g/mol. The summed E-state index contributed by atoms with van der Waals surface area (Å²) >= 11 is 0. The molecule has 98 valence electrons. The Morgan fingerprint density at radius 2 is 1.59 bits per heavy atom. The topological polar surface area (TPSA) is 69.7 Å². The first-order valence-electron chi connectivity index (χ1n) is 5.55. The highest BCUT2D eigenvalue weighted by molar-refractivity contribution is 5.95. The van der Waals surface area contributed by atoms with Gasteiger partial charge in [-0.05, 0) is 27.2 Å². The minimum absolute atomic E-state index is 0.189. The van der Waals surface area contributed by atoms with E-state index in [1.165, 1.54) is 7.11 Å². The Kier molecular flexibility index (Phi) is 6.46. The van der Waals surface area contributed by atoms with Crippen LogP contribution >= 0.6 is 0 Å². The molecule has 0 aliphatic carbocycles. The summed E-state index contributed by atoms with van der Waals surface area (Å²) in [6.45, 7) is 5.23. The number of hydrogen-bond acceptors (Lipinski definition) is 5. The number of hydrogen-bond donors (Lipinski definition) is 0. The maximum absolute atomic E-state index is 11.4. The summed E-state index contributed by atoms with van der Waals surface area (Å²) in [4.78, 5) is 33.4. The summed E-state index contributed by atoms with van der Waals surface area (Å²) in [5.41, 5.74) is -0.580. The fourth-order valence-corrected chi connectivity index (χ4v) is 1.16. The number of esters is 2. The van der Waals surface area contributed by atoms with E-state index in [0.717, 1.165) is 0 Å². The number of carbonyl (C=O) groups is 3. The van der Waals surface area contributed by atoms with E-state index in [1.54, 1.807) is 20.8 Å². The molecule has 17 heavy (non-hydrogen) atoms. The predicted octanol–water partition coefficient (Wildman–Crippen LogP) is 1.63. The maximum atomic E-state index is 11.4. The van der Waals surface area contributed by atoms with Gasteiger partial charge in [-0.3, -0.25) is 14.4 Å². The molecule has 5 heteroatoms. The third-order valence-corrected chi connectivity index (χ3v) is 1.83. The van der Waals surface area contributed by atoms with Gasteiger partial charge in [-0.1, -0.05) is 0 Å². The standard InChI is InChI=1S/C12H20O5/c1-12(2,3)17-11(15)8-9(13)6-5-7-10(14)16-4/h5-8H2,1-4H3. The van der Waals surface area contributed by atoms with Crippen molar-refractivity contribution in [3.8, 4) is 0 Å². The molecule has 0 N–H and O–H groups in total. The van der Waals surface area contributed by atoms with E-state index in [9.17, 15) is 14.4 Å². The largest absolute Gasteiger partial charge is 0.469 e. The Balaban J connectivity index is 3.79. The highest BCUT2D eigenvalue weighted by atomic mass is 16.6. The van der Waals surface area contributed by atoms with Crippen molar-refractivity contribution in [3.63, 3.8) is 0 Å². The van der Waals surface area contributed by atoms with Crippen molar-refractivity contribution in [3.05, 3.63) is 0 Å². The van der Waals surface area contributed by atoms with Crippen LogP contribution in [-0.2, 0) is 23.9 Å². The van der Waals surface area contributed by atoms with Crippen LogP contribution < -0.4 is 0 Å². The third kappa shape index (κ3) is 9.53. The lowest BCUT2D eigenvalue weighted by atomic mass is 10.1. The van der Waals surface area contributed by atoms with Crippen LogP contribution in [0.15, 0.2) is 0 Å². The quantitative estimate of drug-likeness (QED) is 0.524. The minimum atomic E-state index is -0.580. The van der Waals surface area contributed by atoms with Crippen molar-refractivity contribution in [2.24, 2.45) is 0 Å². The maximum Gasteiger partial charge on any atom is 0.313 e. The van der Waals surface area contributed by atoms with E-state index >= 15 is 0 Å². The van der Waals surface area contributed by atoms with Crippen molar-refractivity contribution in [1.29, 1.82) is 0 Å². The van der Waals surface area contributed by atoms with Gasteiger partial charge < -0.3 is 9.47 Å². The van der Waals surface area contributed by atoms with Crippen LogP contribution in [0, 0.1) is 0 Å². The van der Waals surface area contributed by atoms with Crippen LogP contribution in [0.3, 0.4) is 0 Å². The smallest absolute Gasteiger partial charge is 0.313 e. The second-order valence-corrected chi connectivity index (χ2v) is 4.73. The molecule has 0 saturated heterocycles. The van der Waals surface area contributed by atoms with Gasteiger partial charge in [0.15, 0.2) is 0 Å². The van der Waals surface area contributed by atoms with Crippen molar-refractivity contribution >= 4 is 17.7 Å². The van der Waals surface area contributed by atoms with Crippen molar-refractivity contribution < 1.29 is 23.9 Å². The van der Waals surface area contributed by atoms with Crippen molar-refractivity contribution in [1.82, 2.24) is 0 Å². The first kappa shape index (κ1) is 15.6. The van der Waals surface area contributed by atoms with Crippen LogP contribution in [0.25, 0.3) is 0 Å². The fraction of sp³-hybridized carbons (Fsp3) is 0.750. The number of rotatable bonds is 6. The lowest BCUT2D eigenvalue weighted by Crippen LogP contribution is -2.25. The molecule has 0 spiro atoms. The number of Topliss-reactive ketones (excluding diaryl/α,β-unsaturated/α-hetero) is 1. The van der Waals surface area contributed by atoms with Crippen LogP contribution in [0.2, 0.25) is 0 Å². The second-order valence-electron chi connectivity index (χ2n) is 4.73. The van der Waals surface area contributed by atoms with Gasteiger partial charge in [0.25, 0.3) is 0 Å². The summed E-state index contributed by atoms with van der Waals surface area (Å²) in [7, 11) is 1.30. The molecule has 0 aromatic rings. The van der Waals surface area contributed by atoms with E-state index in [0.29, 0.717) is 6.42 Å². The zero-order chi connectivity index (χ0) is 13.5. The molecule has 0 bridgehead atoms. The van der Waals surface area contributed by atoms with E-state index < -0.39 is 11.6 Å². The van der Waals surface area contributed by atoms with Crippen molar-refractivity contribution in [2.45, 2.75) is 52.1 Å². The van der Waals surface area contributed by atoms with Gasteiger partial charge in [0.1, 0.15) is 17.8 Å². The highest BCUT2D eigenvalue weighted by Crippen LogP contribution is 2.09. The van der Waals surface area contributed by atoms with Gasteiger partial charge in [0, 0.05) is 12.8 Å². The molecule has 0 aliphatic rings. The molecule has 0 saturated carbocycles. The molecule has 0 aromatic heterocycles. The Morgan fingerprint density at radius 3 is 2.06 bits per heavy atom. The fourth-order valence-electron chi connectivity index (χ4n) is 1.16. The average Bonchev–Trinajstić information content (AvgIpc) is 2.13. The molecular formula is C12H20O5. The summed E-state index contributed by atoms with van der Waals surface area (Å²) < 4.78 is 9.44. The van der Waals surface area contributed by atoms with Crippen LogP contribution in [-0.4, -0.2) is 30.4 Å². The van der Waals surface area contributed by atoms with Crippen LogP contribution in [0.1, 0.15) is 46.5 Å². The summed E-state index contributed by atoms with van der Waals surface area (Å²) in [5.74, 6) is -1.10. The number of ether oxygens (including phenoxy) is 2. The Morgan fingerprint density at radius 1 is 1.00 bits per heavy atom. The molecule has 0 rings (SSSR count). The molecule has 0 atom stereocenters. The predicted molar refractivity (Wildman–Crippen MR) is 61.3 cm³/mol. The van der Waals surface area contributed by atoms with Gasteiger partial charge >= 0.3 is 11.9 Å². The molecule has 0 fully saturated rings. The van der Waals surface area contributed by atoms with Gasteiger partial charge in [0.05, 0.1) is 7.11 Å². The number of carbonyl (C=O) groups excluding carboxylic acids is 3. The van der Waals surface area contributed by atoms with Crippen molar-refractivity contribution in [2.75, 3.05) is 7.11 Å². The Bertz CT molecular complexity index is 288. The first-order valence-corrected chi connectivity index (χ1v) is 5.55. The summed E-state index contributed by atoms with van der Waals surface area (Å²) in [6.07, 6.45) is 0.539. The van der Waals surface area contributed by atoms with Gasteiger partial charge in [0.2, 0.25) is 0 Å². The van der Waals surface area contributed by atoms with E-state index in [1.807, 2.05) is 0 Å². The van der Waals surface area contributed by atoms with Gasteiger partial charge in [-0.2, -0.15) is 0 Å². The minimum Gasteiger partial charge on any atom is -0.469 e. The summed E-state index contributed by atoms with van der Waals surface area (Å²) in [5, 5.41) is 0. The van der Waals surface area contributed by atoms with E-state index in [-0.39, 0.29) is 31.0 Å². The number of methoxy groups -OCH3 is 1. The van der Waals surface area contributed by atoms with Gasteiger partial charge in [-0.15, -0.1) is 0 Å². The molecule has 5 nitrogen and oxygen atoms in total. The molecule has 0 radical (unpaired) electrons. The molecule has 0 aliphatic heterocycles. The Hall–Kier alpha value is -1.39. The molecule has 0 aromatic carbocycles. The van der Waals surface area contributed by atoms with Crippen LogP contribution in [0.5, 0.6) is 0 Å². The Labute approximate surface area is 101 Å². The van der Waals surface area contributed by atoms with E-state index in [4.69, 9.17) is 4.74 Å².